The second-order valence-corrected chi connectivity index (χ2v) is 17.8. The van der Waals surface area contributed by atoms with Gasteiger partial charge in [-0.1, -0.05) is 221 Å². The zero-order valence-electron chi connectivity index (χ0n) is 42.5. The predicted octanol–water partition coefficient (Wildman–Crippen LogP) is 18.0. The molecule has 0 aliphatic heterocycles. The Morgan fingerprint density at radius 2 is 0.600 bits per heavy atom. The Morgan fingerprint density at radius 3 is 0.969 bits per heavy atom. The minimum Gasteiger partial charge on any atom is -0.462 e. The number of carbonyl (C=O) groups excluding carboxylic acids is 3. The standard InChI is InChI=1S/C59H100O6/c1-4-7-10-13-16-19-22-25-27-29-31-34-36-39-42-45-48-51-57(60)63-54-56(65-59(62)53-50-47-44-41-38-33-24-21-18-15-12-9-6-3)55-64-58(61)52-49-46-43-40-37-35-32-30-28-26-23-20-17-14-11-8-5-2/h7,10,16-17,19-20,25-28,31-32,34-35,56H,4-6,8-9,11-15,18,21-24,29-30,33,36-55H2,1-3H3/b10-7-,19-16-,20-17-,27-25-,28-26-,34-31-,35-32-/t56-/m1/s1. The summed E-state index contributed by atoms with van der Waals surface area (Å²) in [5, 5.41) is 0. The number of carbonyl (C=O) groups is 3. The van der Waals surface area contributed by atoms with Crippen LogP contribution in [0.4, 0.5) is 0 Å². The van der Waals surface area contributed by atoms with Crippen LogP contribution >= 0.6 is 0 Å². The molecule has 0 aromatic rings. The van der Waals surface area contributed by atoms with Crippen molar-refractivity contribution in [2.45, 2.75) is 258 Å². The van der Waals surface area contributed by atoms with Crippen LogP contribution in [0, 0.1) is 0 Å². The first kappa shape index (κ1) is 61.6. The van der Waals surface area contributed by atoms with Gasteiger partial charge in [-0.25, -0.2) is 0 Å². The van der Waals surface area contributed by atoms with Gasteiger partial charge in [0.2, 0.25) is 0 Å². The number of esters is 3. The van der Waals surface area contributed by atoms with Crippen molar-refractivity contribution in [3.8, 4) is 0 Å². The van der Waals surface area contributed by atoms with Gasteiger partial charge < -0.3 is 14.2 Å². The molecule has 0 spiro atoms. The number of rotatable bonds is 48. The topological polar surface area (TPSA) is 78.9 Å². The number of unbranched alkanes of at least 4 members (excludes halogenated alkanes) is 23. The quantitative estimate of drug-likeness (QED) is 0.0262. The lowest BCUT2D eigenvalue weighted by Gasteiger charge is -2.18. The normalized spacial score (nSPS) is 12.7. The van der Waals surface area contributed by atoms with Crippen molar-refractivity contribution in [2.24, 2.45) is 0 Å². The van der Waals surface area contributed by atoms with Crippen molar-refractivity contribution in [3.63, 3.8) is 0 Å². The molecule has 0 saturated heterocycles. The van der Waals surface area contributed by atoms with Crippen LogP contribution in [0.3, 0.4) is 0 Å². The molecule has 0 heterocycles. The Morgan fingerprint density at radius 1 is 0.323 bits per heavy atom. The summed E-state index contributed by atoms with van der Waals surface area (Å²) in [6.45, 7) is 6.46. The van der Waals surface area contributed by atoms with Crippen LogP contribution in [0.15, 0.2) is 85.1 Å². The number of ether oxygens (including phenoxy) is 3. The number of hydrogen-bond donors (Lipinski definition) is 0. The van der Waals surface area contributed by atoms with Gasteiger partial charge in [-0.05, 0) is 96.3 Å². The van der Waals surface area contributed by atoms with Crippen LogP contribution < -0.4 is 0 Å². The lowest BCUT2D eigenvalue weighted by Crippen LogP contribution is -2.30. The van der Waals surface area contributed by atoms with Gasteiger partial charge in [0.15, 0.2) is 6.10 Å². The second-order valence-electron chi connectivity index (χ2n) is 17.8. The van der Waals surface area contributed by atoms with E-state index in [1.807, 2.05) is 0 Å². The third-order valence-electron chi connectivity index (χ3n) is 11.4. The van der Waals surface area contributed by atoms with Crippen LogP contribution in [0.1, 0.15) is 252 Å². The van der Waals surface area contributed by atoms with Crippen molar-refractivity contribution < 1.29 is 28.6 Å². The number of allylic oxidation sites excluding steroid dienone is 14. The molecule has 0 fully saturated rings. The molecule has 65 heavy (non-hydrogen) atoms. The maximum absolute atomic E-state index is 12.8. The van der Waals surface area contributed by atoms with Crippen molar-refractivity contribution in [3.05, 3.63) is 85.1 Å². The molecule has 6 nitrogen and oxygen atoms in total. The monoisotopic (exact) mass is 905 g/mol. The first-order valence-corrected chi connectivity index (χ1v) is 27.1. The van der Waals surface area contributed by atoms with Crippen LogP contribution in [-0.4, -0.2) is 37.2 Å². The van der Waals surface area contributed by atoms with E-state index in [2.05, 4.69) is 106 Å². The lowest BCUT2D eigenvalue weighted by atomic mass is 10.0. The molecule has 372 valence electrons. The molecule has 0 saturated carbocycles. The van der Waals surface area contributed by atoms with Gasteiger partial charge in [-0.2, -0.15) is 0 Å². The zero-order chi connectivity index (χ0) is 47.2. The third kappa shape index (κ3) is 51.4. The fourth-order valence-corrected chi connectivity index (χ4v) is 7.32. The molecule has 0 N–H and O–H groups in total. The molecular weight excluding hydrogens is 805 g/mol. The summed E-state index contributed by atoms with van der Waals surface area (Å²) in [5.41, 5.74) is 0. The van der Waals surface area contributed by atoms with E-state index in [1.165, 1.54) is 89.9 Å². The highest BCUT2D eigenvalue weighted by Crippen LogP contribution is 2.15. The maximum Gasteiger partial charge on any atom is 0.306 e. The summed E-state index contributed by atoms with van der Waals surface area (Å²) in [5.74, 6) is -0.935. The molecule has 6 heteroatoms. The smallest absolute Gasteiger partial charge is 0.306 e. The van der Waals surface area contributed by atoms with Crippen LogP contribution in [-0.2, 0) is 28.6 Å². The first-order chi connectivity index (χ1) is 32.0. The van der Waals surface area contributed by atoms with E-state index in [4.69, 9.17) is 14.2 Å². The number of hydrogen-bond acceptors (Lipinski definition) is 6. The Labute approximate surface area is 401 Å². The van der Waals surface area contributed by atoms with Gasteiger partial charge in [0.25, 0.3) is 0 Å². The highest BCUT2D eigenvalue weighted by Gasteiger charge is 2.19. The molecule has 0 radical (unpaired) electrons. The van der Waals surface area contributed by atoms with E-state index in [9.17, 15) is 14.4 Å². The van der Waals surface area contributed by atoms with Crippen LogP contribution in [0.5, 0.6) is 0 Å². The van der Waals surface area contributed by atoms with Gasteiger partial charge in [-0.15, -0.1) is 0 Å². The summed E-state index contributed by atoms with van der Waals surface area (Å²) in [6.07, 6.45) is 68.5. The Balaban J connectivity index is 4.45. The predicted molar refractivity (Wildman–Crippen MR) is 279 cm³/mol. The van der Waals surface area contributed by atoms with E-state index in [0.717, 1.165) is 122 Å². The average Bonchev–Trinajstić information content (AvgIpc) is 3.30. The van der Waals surface area contributed by atoms with E-state index < -0.39 is 6.10 Å². The lowest BCUT2D eigenvalue weighted by molar-refractivity contribution is -0.167. The average molecular weight is 905 g/mol. The van der Waals surface area contributed by atoms with Crippen molar-refractivity contribution in [1.82, 2.24) is 0 Å². The second kappa shape index (κ2) is 53.2. The zero-order valence-corrected chi connectivity index (χ0v) is 42.5. The highest BCUT2D eigenvalue weighted by molar-refractivity contribution is 5.71. The third-order valence-corrected chi connectivity index (χ3v) is 11.4. The van der Waals surface area contributed by atoms with Gasteiger partial charge >= 0.3 is 17.9 Å². The molecule has 0 bridgehead atoms. The fourth-order valence-electron chi connectivity index (χ4n) is 7.32. The molecule has 0 unspecified atom stereocenters. The molecule has 0 aliphatic carbocycles. The van der Waals surface area contributed by atoms with E-state index in [-0.39, 0.29) is 31.1 Å². The first-order valence-electron chi connectivity index (χ1n) is 27.1. The minimum atomic E-state index is -0.794. The van der Waals surface area contributed by atoms with Gasteiger partial charge in [-0.3, -0.25) is 14.4 Å². The Bertz CT molecular complexity index is 1270. The molecule has 0 aromatic heterocycles. The van der Waals surface area contributed by atoms with Crippen molar-refractivity contribution in [1.29, 1.82) is 0 Å². The summed E-state index contributed by atoms with van der Waals surface area (Å²) in [7, 11) is 0. The van der Waals surface area contributed by atoms with Gasteiger partial charge in [0, 0.05) is 19.3 Å². The maximum atomic E-state index is 12.8. The van der Waals surface area contributed by atoms with Crippen molar-refractivity contribution in [2.75, 3.05) is 13.2 Å². The SMILES string of the molecule is CC/C=C\C/C=C\C/C=C\C/C=C\CCCCCCC(=O)OC[C@H](COC(=O)CCCCCC/C=C\C/C=C\C/C=C\CCCCC)OC(=O)CCCCCCCCCCCCCCC. The Kier molecular flexibility index (Phi) is 50.4. The molecule has 0 rings (SSSR count). The molecule has 0 amide bonds. The largest absolute Gasteiger partial charge is 0.462 e. The van der Waals surface area contributed by atoms with Gasteiger partial charge in [0.1, 0.15) is 13.2 Å². The van der Waals surface area contributed by atoms with E-state index in [1.54, 1.807) is 0 Å². The molecule has 0 aliphatic rings. The molecule has 1 atom stereocenters. The minimum absolute atomic E-state index is 0.0950. The van der Waals surface area contributed by atoms with E-state index >= 15 is 0 Å². The fraction of sp³-hybridized carbons (Fsp3) is 0.712. The van der Waals surface area contributed by atoms with E-state index in [0.29, 0.717) is 19.3 Å². The van der Waals surface area contributed by atoms with Gasteiger partial charge in [0.05, 0.1) is 0 Å². The van der Waals surface area contributed by atoms with Crippen LogP contribution in [0.25, 0.3) is 0 Å². The highest BCUT2D eigenvalue weighted by atomic mass is 16.6. The molecule has 0 aromatic carbocycles. The summed E-state index contributed by atoms with van der Waals surface area (Å²) in [4.78, 5) is 38.1. The summed E-state index contributed by atoms with van der Waals surface area (Å²) >= 11 is 0. The van der Waals surface area contributed by atoms with Crippen LogP contribution in [0.2, 0.25) is 0 Å². The Hall–Kier alpha value is -3.41. The van der Waals surface area contributed by atoms with Crippen molar-refractivity contribution >= 4 is 17.9 Å². The molecular formula is C59H100O6. The summed E-state index contributed by atoms with van der Waals surface area (Å²) in [6, 6.07) is 0. The summed E-state index contributed by atoms with van der Waals surface area (Å²) < 4.78 is 16.8.